The molecule has 2 atom stereocenters. The maximum Gasteiger partial charge on any atom is 0.254 e. The zero-order chi connectivity index (χ0) is 19.4. The third-order valence-corrected chi connectivity index (χ3v) is 5.77. The molecule has 27 heavy (non-hydrogen) atoms. The maximum atomic E-state index is 11.8. The molecule has 1 heterocycles. The van der Waals surface area contributed by atoms with Crippen molar-refractivity contribution in [1.82, 2.24) is 9.97 Å². The van der Waals surface area contributed by atoms with E-state index < -0.39 is 5.91 Å². The SMILES string of the molecule is COC1CCC(Nc2ncc(C(N)=O)c(N[C@]3(C)CCC[C@@H](O)C3)n2)CC1. The minimum absolute atomic E-state index is 0.268. The third kappa shape index (κ3) is 5.07. The molecule has 2 fully saturated rings. The minimum atomic E-state index is -0.565. The van der Waals surface area contributed by atoms with Gasteiger partial charge in [-0.3, -0.25) is 4.79 Å². The number of carbonyl (C=O) groups is 1. The third-order valence-electron chi connectivity index (χ3n) is 5.77. The number of carbonyl (C=O) groups excluding carboxylic acids is 1. The molecule has 8 heteroatoms. The molecule has 0 radical (unpaired) electrons. The Labute approximate surface area is 160 Å². The Morgan fingerprint density at radius 3 is 2.70 bits per heavy atom. The van der Waals surface area contributed by atoms with Crippen LogP contribution in [0.5, 0.6) is 0 Å². The summed E-state index contributed by atoms with van der Waals surface area (Å²) in [6, 6.07) is 0.288. The summed E-state index contributed by atoms with van der Waals surface area (Å²) in [5.41, 5.74) is 5.45. The van der Waals surface area contributed by atoms with Crippen molar-refractivity contribution in [1.29, 1.82) is 0 Å². The van der Waals surface area contributed by atoms with Gasteiger partial charge in [0.15, 0.2) is 0 Å². The van der Waals surface area contributed by atoms with Crippen LogP contribution >= 0.6 is 0 Å². The lowest BCUT2D eigenvalue weighted by Crippen LogP contribution is -2.42. The summed E-state index contributed by atoms with van der Waals surface area (Å²) in [5, 5.41) is 16.8. The lowest BCUT2D eigenvalue weighted by Gasteiger charge is -2.37. The summed E-state index contributed by atoms with van der Waals surface area (Å²) in [4.78, 5) is 20.6. The number of ether oxygens (including phenoxy) is 1. The maximum absolute atomic E-state index is 11.8. The molecular weight excluding hydrogens is 346 g/mol. The lowest BCUT2D eigenvalue weighted by molar-refractivity contribution is 0.0681. The number of aliphatic hydroxyl groups is 1. The molecule has 1 aromatic rings. The van der Waals surface area contributed by atoms with Crippen LogP contribution in [-0.2, 0) is 4.74 Å². The number of hydrogen-bond acceptors (Lipinski definition) is 7. The largest absolute Gasteiger partial charge is 0.393 e. The van der Waals surface area contributed by atoms with E-state index in [4.69, 9.17) is 10.5 Å². The molecular formula is C19H31N5O3. The number of nitrogens with zero attached hydrogens (tertiary/aromatic N) is 2. The highest BCUT2D eigenvalue weighted by molar-refractivity contribution is 5.97. The highest BCUT2D eigenvalue weighted by atomic mass is 16.5. The number of amides is 1. The van der Waals surface area contributed by atoms with Gasteiger partial charge < -0.3 is 26.2 Å². The topological polar surface area (TPSA) is 122 Å². The molecule has 5 N–H and O–H groups in total. The van der Waals surface area contributed by atoms with Crippen molar-refractivity contribution in [3.63, 3.8) is 0 Å². The number of primary amides is 1. The van der Waals surface area contributed by atoms with E-state index in [9.17, 15) is 9.90 Å². The predicted molar refractivity (Wildman–Crippen MR) is 104 cm³/mol. The first kappa shape index (κ1) is 19.8. The summed E-state index contributed by atoms with van der Waals surface area (Å²) in [6.45, 7) is 2.04. The van der Waals surface area contributed by atoms with Crippen molar-refractivity contribution in [2.45, 2.75) is 82.1 Å². The molecule has 0 spiro atoms. The molecule has 2 saturated carbocycles. The first-order valence-electron chi connectivity index (χ1n) is 9.81. The molecule has 1 aromatic heterocycles. The van der Waals surface area contributed by atoms with Gasteiger partial charge >= 0.3 is 0 Å². The number of methoxy groups -OCH3 is 1. The molecule has 150 valence electrons. The van der Waals surface area contributed by atoms with Gasteiger partial charge in [0.25, 0.3) is 5.91 Å². The van der Waals surface area contributed by atoms with E-state index >= 15 is 0 Å². The zero-order valence-corrected chi connectivity index (χ0v) is 16.2. The Bertz CT molecular complexity index is 663. The van der Waals surface area contributed by atoms with Gasteiger partial charge in [-0.1, -0.05) is 0 Å². The van der Waals surface area contributed by atoms with Crippen LogP contribution in [-0.4, -0.2) is 51.9 Å². The Balaban J connectivity index is 1.74. The van der Waals surface area contributed by atoms with Crippen molar-refractivity contribution in [2.24, 2.45) is 5.73 Å². The highest BCUT2D eigenvalue weighted by Gasteiger charge is 2.33. The average molecular weight is 377 g/mol. The van der Waals surface area contributed by atoms with Gasteiger partial charge in [-0.05, 0) is 58.3 Å². The Kier molecular flexibility index (Phi) is 6.16. The average Bonchev–Trinajstić information content (AvgIpc) is 2.61. The number of anilines is 2. The summed E-state index contributed by atoms with van der Waals surface area (Å²) in [6.07, 6.45) is 8.70. The van der Waals surface area contributed by atoms with E-state index in [0.29, 0.717) is 24.3 Å². The second-order valence-electron chi connectivity index (χ2n) is 8.11. The Morgan fingerprint density at radius 1 is 1.33 bits per heavy atom. The second-order valence-corrected chi connectivity index (χ2v) is 8.11. The minimum Gasteiger partial charge on any atom is -0.393 e. The number of hydrogen-bond donors (Lipinski definition) is 4. The van der Waals surface area contributed by atoms with E-state index in [1.54, 1.807) is 7.11 Å². The Morgan fingerprint density at radius 2 is 2.07 bits per heavy atom. The fourth-order valence-electron chi connectivity index (χ4n) is 4.20. The van der Waals surface area contributed by atoms with Crippen LogP contribution in [0.1, 0.15) is 68.6 Å². The molecule has 0 unspecified atom stereocenters. The molecule has 0 bridgehead atoms. The standard InChI is InChI=1S/C19H31N5O3/c1-19(9-3-4-13(25)10-19)24-17-15(16(20)26)11-21-18(23-17)22-12-5-7-14(27-2)8-6-12/h11-14,25H,3-10H2,1-2H3,(H2,20,26)(H2,21,22,23,24)/t12?,13-,14?,19-/m1/s1. The van der Waals surface area contributed by atoms with Crippen molar-refractivity contribution in [2.75, 3.05) is 17.7 Å². The van der Waals surface area contributed by atoms with Gasteiger partial charge in [-0.2, -0.15) is 4.98 Å². The van der Waals surface area contributed by atoms with Crippen LogP contribution in [0, 0.1) is 0 Å². The van der Waals surface area contributed by atoms with Crippen LogP contribution in [0.25, 0.3) is 0 Å². The van der Waals surface area contributed by atoms with E-state index in [0.717, 1.165) is 44.9 Å². The smallest absolute Gasteiger partial charge is 0.254 e. The molecule has 0 aromatic carbocycles. The normalized spacial score (nSPS) is 31.3. The van der Waals surface area contributed by atoms with E-state index in [2.05, 4.69) is 20.6 Å². The molecule has 0 aliphatic heterocycles. The molecule has 2 aliphatic carbocycles. The van der Waals surface area contributed by atoms with E-state index in [1.165, 1.54) is 6.20 Å². The van der Waals surface area contributed by atoms with Gasteiger partial charge in [0.2, 0.25) is 5.95 Å². The van der Waals surface area contributed by atoms with Gasteiger partial charge in [0.1, 0.15) is 5.82 Å². The zero-order valence-electron chi connectivity index (χ0n) is 16.2. The van der Waals surface area contributed by atoms with Crippen molar-refractivity contribution >= 4 is 17.7 Å². The number of nitrogens with one attached hydrogen (secondary N) is 2. The molecule has 0 saturated heterocycles. The molecule has 1 amide bonds. The fourth-order valence-corrected chi connectivity index (χ4v) is 4.20. The fraction of sp³-hybridized carbons (Fsp3) is 0.737. The van der Waals surface area contributed by atoms with Crippen molar-refractivity contribution in [3.05, 3.63) is 11.8 Å². The molecule has 3 rings (SSSR count). The monoisotopic (exact) mass is 377 g/mol. The van der Waals surface area contributed by atoms with Gasteiger partial charge in [-0.15, -0.1) is 0 Å². The number of rotatable bonds is 6. The molecule has 8 nitrogen and oxygen atoms in total. The van der Waals surface area contributed by atoms with Crippen LogP contribution < -0.4 is 16.4 Å². The summed E-state index contributed by atoms with van der Waals surface area (Å²) in [7, 11) is 1.75. The van der Waals surface area contributed by atoms with Crippen LogP contribution in [0.4, 0.5) is 11.8 Å². The number of aliphatic hydroxyl groups excluding tert-OH is 1. The van der Waals surface area contributed by atoms with Crippen LogP contribution in [0.3, 0.4) is 0 Å². The first-order chi connectivity index (χ1) is 12.9. The van der Waals surface area contributed by atoms with Crippen LogP contribution in [0.2, 0.25) is 0 Å². The van der Waals surface area contributed by atoms with Crippen molar-refractivity contribution < 1.29 is 14.6 Å². The number of aromatic nitrogens is 2. The Hall–Kier alpha value is -1.93. The van der Waals surface area contributed by atoms with E-state index in [-0.39, 0.29) is 23.2 Å². The van der Waals surface area contributed by atoms with Gasteiger partial charge in [0.05, 0.1) is 17.8 Å². The van der Waals surface area contributed by atoms with Gasteiger partial charge in [0, 0.05) is 24.9 Å². The number of nitrogens with two attached hydrogens (primary N) is 1. The first-order valence-corrected chi connectivity index (χ1v) is 9.81. The highest BCUT2D eigenvalue weighted by Crippen LogP contribution is 2.32. The summed E-state index contributed by atoms with van der Waals surface area (Å²) in [5.74, 6) is 0.357. The molecule has 2 aliphatic rings. The predicted octanol–water partition coefficient (Wildman–Crippen LogP) is 2.05. The van der Waals surface area contributed by atoms with E-state index in [1.807, 2.05) is 6.92 Å². The lowest BCUT2D eigenvalue weighted by atomic mass is 9.81. The summed E-state index contributed by atoms with van der Waals surface area (Å²) < 4.78 is 5.41. The van der Waals surface area contributed by atoms with Gasteiger partial charge in [-0.25, -0.2) is 4.98 Å². The van der Waals surface area contributed by atoms with Crippen molar-refractivity contribution in [3.8, 4) is 0 Å². The van der Waals surface area contributed by atoms with Crippen LogP contribution in [0.15, 0.2) is 6.20 Å². The second kappa shape index (κ2) is 8.39. The quantitative estimate of drug-likeness (QED) is 0.598. The summed E-state index contributed by atoms with van der Waals surface area (Å²) >= 11 is 0.